The summed E-state index contributed by atoms with van der Waals surface area (Å²) in [7, 11) is 0. The maximum atomic E-state index is 13.5. The number of nitrogens with zero attached hydrogens (tertiary/aromatic N) is 2. The normalized spacial score (nSPS) is 18.2. The number of alkyl halides is 1. The number of hydrogen-bond donors (Lipinski definition) is 0. The SMILES string of the molecule is Fc1ccc(CN2CCN(CCCl)CC2)c(F)c1. The minimum Gasteiger partial charge on any atom is -0.300 e. The van der Waals surface area contributed by atoms with Crippen molar-refractivity contribution in [1.29, 1.82) is 0 Å². The third kappa shape index (κ3) is 3.64. The van der Waals surface area contributed by atoms with E-state index >= 15 is 0 Å². The molecular formula is C13H17ClF2N2. The van der Waals surface area contributed by atoms with Gasteiger partial charge in [0.2, 0.25) is 0 Å². The molecule has 18 heavy (non-hydrogen) atoms. The fraction of sp³-hybridized carbons (Fsp3) is 0.538. The van der Waals surface area contributed by atoms with E-state index in [9.17, 15) is 8.78 Å². The topological polar surface area (TPSA) is 6.48 Å². The van der Waals surface area contributed by atoms with Crippen LogP contribution in [0.4, 0.5) is 8.78 Å². The molecule has 1 fully saturated rings. The molecule has 100 valence electrons. The van der Waals surface area contributed by atoms with Gasteiger partial charge in [0.05, 0.1) is 0 Å². The maximum Gasteiger partial charge on any atom is 0.130 e. The van der Waals surface area contributed by atoms with E-state index in [2.05, 4.69) is 9.80 Å². The molecule has 2 nitrogen and oxygen atoms in total. The first-order valence-corrected chi connectivity index (χ1v) is 6.67. The quantitative estimate of drug-likeness (QED) is 0.778. The lowest BCUT2D eigenvalue weighted by atomic mass is 10.2. The molecule has 0 saturated carbocycles. The van der Waals surface area contributed by atoms with Gasteiger partial charge in [-0.2, -0.15) is 0 Å². The van der Waals surface area contributed by atoms with Gasteiger partial charge < -0.3 is 0 Å². The van der Waals surface area contributed by atoms with E-state index in [0.29, 0.717) is 18.0 Å². The summed E-state index contributed by atoms with van der Waals surface area (Å²) in [5.41, 5.74) is 0.558. The van der Waals surface area contributed by atoms with Gasteiger partial charge in [-0.05, 0) is 6.07 Å². The molecule has 0 amide bonds. The van der Waals surface area contributed by atoms with Crippen molar-refractivity contribution in [3.05, 3.63) is 35.4 Å². The van der Waals surface area contributed by atoms with Crippen molar-refractivity contribution in [2.75, 3.05) is 38.6 Å². The Morgan fingerprint density at radius 1 is 1.06 bits per heavy atom. The van der Waals surface area contributed by atoms with Gasteiger partial charge in [0.15, 0.2) is 0 Å². The molecule has 1 aromatic carbocycles. The van der Waals surface area contributed by atoms with Crippen LogP contribution in [0.1, 0.15) is 5.56 Å². The highest BCUT2D eigenvalue weighted by Gasteiger charge is 2.17. The lowest BCUT2D eigenvalue weighted by molar-refractivity contribution is 0.131. The zero-order valence-electron chi connectivity index (χ0n) is 10.2. The lowest BCUT2D eigenvalue weighted by Crippen LogP contribution is -2.46. The predicted molar refractivity (Wildman–Crippen MR) is 68.8 cm³/mol. The van der Waals surface area contributed by atoms with Crippen LogP contribution in [0.5, 0.6) is 0 Å². The summed E-state index contributed by atoms with van der Waals surface area (Å²) >= 11 is 5.70. The molecule has 1 aliphatic rings. The van der Waals surface area contributed by atoms with Gasteiger partial charge in [-0.1, -0.05) is 6.07 Å². The average Bonchev–Trinajstić information content (AvgIpc) is 2.35. The second-order valence-electron chi connectivity index (χ2n) is 4.54. The van der Waals surface area contributed by atoms with Crippen molar-refractivity contribution in [2.24, 2.45) is 0 Å². The van der Waals surface area contributed by atoms with Crippen LogP contribution in [0.15, 0.2) is 18.2 Å². The van der Waals surface area contributed by atoms with Crippen molar-refractivity contribution in [1.82, 2.24) is 9.80 Å². The van der Waals surface area contributed by atoms with Crippen LogP contribution in [0, 0.1) is 11.6 Å². The van der Waals surface area contributed by atoms with E-state index in [1.165, 1.54) is 12.1 Å². The van der Waals surface area contributed by atoms with Crippen molar-refractivity contribution in [2.45, 2.75) is 6.54 Å². The van der Waals surface area contributed by atoms with Gasteiger partial charge in [0.1, 0.15) is 11.6 Å². The van der Waals surface area contributed by atoms with Crippen LogP contribution in [0.25, 0.3) is 0 Å². The molecule has 0 aromatic heterocycles. The Hall–Kier alpha value is -0.710. The second-order valence-corrected chi connectivity index (χ2v) is 4.92. The molecule has 0 atom stereocenters. The molecule has 2 rings (SSSR count). The summed E-state index contributed by atoms with van der Waals surface area (Å²) in [5.74, 6) is -0.339. The molecule has 1 heterocycles. The van der Waals surface area contributed by atoms with Crippen molar-refractivity contribution in [3.63, 3.8) is 0 Å². The summed E-state index contributed by atoms with van der Waals surface area (Å²) in [6.45, 7) is 5.15. The van der Waals surface area contributed by atoms with E-state index in [-0.39, 0.29) is 0 Å². The number of benzene rings is 1. The van der Waals surface area contributed by atoms with E-state index in [4.69, 9.17) is 11.6 Å². The first kappa shape index (κ1) is 13.7. The minimum absolute atomic E-state index is 0.460. The number of halogens is 3. The summed E-state index contributed by atoms with van der Waals surface area (Å²) in [4.78, 5) is 4.48. The van der Waals surface area contributed by atoms with Crippen LogP contribution in [-0.4, -0.2) is 48.4 Å². The molecule has 0 radical (unpaired) electrons. The predicted octanol–water partition coefficient (Wildman–Crippen LogP) is 2.32. The molecule has 1 saturated heterocycles. The Morgan fingerprint density at radius 2 is 1.72 bits per heavy atom. The lowest BCUT2D eigenvalue weighted by Gasteiger charge is -2.34. The van der Waals surface area contributed by atoms with E-state index in [0.717, 1.165) is 38.8 Å². The Kier molecular flexibility index (Phi) is 4.92. The van der Waals surface area contributed by atoms with E-state index in [1.807, 2.05) is 0 Å². The number of hydrogen-bond acceptors (Lipinski definition) is 2. The summed E-state index contributed by atoms with van der Waals surface area (Å²) < 4.78 is 26.3. The molecule has 1 aromatic rings. The highest BCUT2D eigenvalue weighted by Crippen LogP contribution is 2.13. The molecule has 0 spiro atoms. The summed E-state index contributed by atoms with van der Waals surface area (Å²) in [6, 6.07) is 3.77. The first-order valence-electron chi connectivity index (χ1n) is 6.13. The van der Waals surface area contributed by atoms with Crippen molar-refractivity contribution < 1.29 is 8.78 Å². The van der Waals surface area contributed by atoms with Gasteiger partial charge in [-0.15, -0.1) is 11.6 Å². The van der Waals surface area contributed by atoms with Crippen LogP contribution < -0.4 is 0 Å². The van der Waals surface area contributed by atoms with Gasteiger partial charge in [-0.25, -0.2) is 8.78 Å². The largest absolute Gasteiger partial charge is 0.300 e. The van der Waals surface area contributed by atoms with Crippen LogP contribution in [0.3, 0.4) is 0 Å². The van der Waals surface area contributed by atoms with Gasteiger partial charge in [0, 0.05) is 56.8 Å². The minimum atomic E-state index is -0.525. The monoisotopic (exact) mass is 274 g/mol. The second kappa shape index (κ2) is 6.45. The maximum absolute atomic E-state index is 13.5. The van der Waals surface area contributed by atoms with E-state index < -0.39 is 11.6 Å². The van der Waals surface area contributed by atoms with Crippen molar-refractivity contribution in [3.8, 4) is 0 Å². The molecular weight excluding hydrogens is 258 g/mol. The molecule has 0 aliphatic carbocycles. The first-order chi connectivity index (χ1) is 8.69. The van der Waals surface area contributed by atoms with E-state index in [1.54, 1.807) is 0 Å². The summed E-state index contributed by atoms with van der Waals surface area (Å²) in [6.07, 6.45) is 0. The zero-order chi connectivity index (χ0) is 13.0. The molecule has 0 N–H and O–H groups in total. The van der Waals surface area contributed by atoms with Crippen molar-refractivity contribution >= 4 is 11.6 Å². The van der Waals surface area contributed by atoms with Crippen LogP contribution >= 0.6 is 11.6 Å². The average molecular weight is 275 g/mol. The number of rotatable bonds is 4. The Labute approximate surface area is 111 Å². The van der Waals surface area contributed by atoms with Gasteiger partial charge in [-0.3, -0.25) is 9.80 Å². The highest BCUT2D eigenvalue weighted by molar-refractivity contribution is 6.18. The highest BCUT2D eigenvalue weighted by atomic mass is 35.5. The smallest absolute Gasteiger partial charge is 0.130 e. The van der Waals surface area contributed by atoms with Crippen LogP contribution in [0.2, 0.25) is 0 Å². The Balaban J connectivity index is 1.87. The third-order valence-corrected chi connectivity index (χ3v) is 3.44. The van der Waals surface area contributed by atoms with Gasteiger partial charge in [0.25, 0.3) is 0 Å². The third-order valence-electron chi connectivity index (χ3n) is 3.27. The van der Waals surface area contributed by atoms with Gasteiger partial charge >= 0.3 is 0 Å². The summed E-state index contributed by atoms with van der Waals surface area (Å²) in [5, 5.41) is 0. The Bertz CT molecular complexity index is 393. The number of piperazine rings is 1. The fourth-order valence-electron chi connectivity index (χ4n) is 2.18. The zero-order valence-corrected chi connectivity index (χ0v) is 11.0. The standard InChI is InChI=1S/C13H17ClF2N2/c14-3-4-17-5-7-18(8-6-17)10-11-1-2-12(15)9-13(11)16/h1-2,9H,3-8,10H2. The fourth-order valence-corrected chi connectivity index (χ4v) is 2.42. The molecule has 0 bridgehead atoms. The Morgan fingerprint density at radius 3 is 2.33 bits per heavy atom. The van der Waals surface area contributed by atoms with Crippen LogP contribution in [-0.2, 0) is 6.54 Å². The molecule has 1 aliphatic heterocycles. The molecule has 5 heteroatoms. The molecule has 0 unspecified atom stereocenters.